The van der Waals surface area contributed by atoms with Gasteiger partial charge in [0.15, 0.2) is 6.61 Å². The molecule has 2 aromatic rings. The van der Waals surface area contributed by atoms with Crippen LogP contribution in [0.2, 0.25) is 0 Å². The Morgan fingerprint density at radius 2 is 1.92 bits per heavy atom. The van der Waals surface area contributed by atoms with E-state index in [9.17, 15) is 14.7 Å². The SMILES string of the molecule is C[C@H](CNC(=O)COC(=O)c1cc(Br)ccc1O)c1ccccc1. The maximum absolute atomic E-state index is 11.9. The molecule has 2 rings (SSSR count). The van der Waals surface area contributed by atoms with Gasteiger partial charge in [-0.1, -0.05) is 53.2 Å². The van der Waals surface area contributed by atoms with E-state index < -0.39 is 12.6 Å². The molecule has 5 nitrogen and oxygen atoms in total. The van der Waals surface area contributed by atoms with Gasteiger partial charge < -0.3 is 15.2 Å². The number of phenolic OH excluding ortho intramolecular Hbond substituents is 1. The van der Waals surface area contributed by atoms with Crippen LogP contribution in [0.1, 0.15) is 28.8 Å². The van der Waals surface area contributed by atoms with Crippen LogP contribution in [-0.4, -0.2) is 30.1 Å². The molecule has 0 aliphatic rings. The summed E-state index contributed by atoms with van der Waals surface area (Å²) in [5.74, 6) is -1.18. The molecular formula is C18H18BrNO4. The molecule has 0 bridgehead atoms. The lowest BCUT2D eigenvalue weighted by Gasteiger charge is -2.13. The van der Waals surface area contributed by atoms with Gasteiger partial charge in [-0.3, -0.25) is 4.79 Å². The molecule has 1 amide bonds. The predicted molar refractivity (Wildman–Crippen MR) is 94.0 cm³/mol. The first-order valence-corrected chi connectivity index (χ1v) is 8.24. The van der Waals surface area contributed by atoms with Crippen molar-refractivity contribution in [2.45, 2.75) is 12.8 Å². The number of rotatable bonds is 6. The first kappa shape index (κ1) is 18.0. The van der Waals surface area contributed by atoms with E-state index >= 15 is 0 Å². The van der Waals surface area contributed by atoms with E-state index in [0.29, 0.717) is 11.0 Å². The third-order valence-electron chi connectivity index (χ3n) is 3.49. The van der Waals surface area contributed by atoms with Gasteiger partial charge in [0.1, 0.15) is 11.3 Å². The molecule has 0 saturated heterocycles. The van der Waals surface area contributed by atoms with Gasteiger partial charge in [0, 0.05) is 11.0 Å². The zero-order valence-electron chi connectivity index (χ0n) is 13.2. The summed E-state index contributed by atoms with van der Waals surface area (Å²) in [7, 11) is 0. The van der Waals surface area contributed by atoms with E-state index in [0.717, 1.165) is 5.56 Å². The summed E-state index contributed by atoms with van der Waals surface area (Å²) in [4.78, 5) is 23.7. The van der Waals surface area contributed by atoms with Crippen LogP contribution in [0.25, 0.3) is 0 Å². The van der Waals surface area contributed by atoms with Crippen molar-refractivity contribution in [2.24, 2.45) is 0 Å². The number of carbonyl (C=O) groups is 2. The molecule has 24 heavy (non-hydrogen) atoms. The van der Waals surface area contributed by atoms with Crippen molar-refractivity contribution < 1.29 is 19.4 Å². The Bertz CT molecular complexity index is 718. The molecule has 0 fully saturated rings. The number of hydrogen-bond donors (Lipinski definition) is 2. The molecule has 0 unspecified atom stereocenters. The highest BCUT2D eigenvalue weighted by atomic mass is 79.9. The fourth-order valence-corrected chi connectivity index (χ4v) is 2.46. The minimum Gasteiger partial charge on any atom is -0.507 e. The van der Waals surface area contributed by atoms with E-state index in [1.807, 2.05) is 37.3 Å². The number of benzene rings is 2. The molecule has 1 atom stereocenters. The number of aromatic hydroxyl groups is 1. The second-order valence-electron chi connectivity index (χ2n) is 5.35. The minimum atomic E-state index is -0.750. The number of halogens is 1. The molecule has 2 N–H and O–H groups in total. The van der Waals surface area contributed by atoms with Crippen molar-refractivity contribution in [3.8, 4) is 5.75 Å². The van der Waals surface area contributed by atoms with Crippen molar-refractivity contribution in [1.29, 1.82) is 0 Å². The van der Waals surface area contributed by atoms with E-state index in [1.165, 1.54) is 12.1 Å². The Hall–Kier alpha value is -2.34. The standard InChI is InChI=1S/C18H18BrNO4/c1-12(13-5-3-2-4-6-13)10-20-17(22)11-24-18(23)15-9-14(19)7-8-16(15)21/h2-9,12,21H,10-11H2,1H3,(H,20,22)/t12-/m1/s1. The Morgan fingerprint density at radius 3 is 2.62 bits per heavy atom. The number of ether oxygens (including phenoxy) is 1. The van der Waals surface area contributed by atoms with Crippen molar-refractivity contribution in [3.63, 3.8) is 0 Å². The van der Waals surface area contributed by atoms with Crippen LogP contribution in [0.4, 0.5) is 0 Å². The lowest BCUT2D eigenvalue weighted by molar-refractivity contribution is -0.124. The maximum atomic E-state index is 11.9. The topological polar surface area (TPSA) is 75.6 Å². The van der Waals surface area contributed by atoms with Gasteiger partial charge in [-0.25, -0.2) is 4.79 Å². The Kier molecular flexibility index (Phi) is 6.37. The van der Waals surface area contributed by atoms with Crippen molar-refractivity contribution >= 4 is 27.8 Å². The smallest absolute Gasteiger partial charge is 0.342 e. The molecule has 0 aliphatic carbocycles. The summed E-state index contributed by atoms with van der Waals surface area (Å²) in [5, 5.41) is 12.4. The highest BCUT2D eigenvalue weighted by molar-refractivity contribution is 9.10. The first-order valence-electron chi connectivity index (χ1n) is 7.44. The summed E-state index contributed by atoms with van der Waals surface area (Å²) < 4.78 is 5.56. The van der Waals surface area contributed by atoms with Gasteiger partial charge in [-0.2, -0.15) is 0 Å². The Labute approximate surface area is 148 Å². The summed E-state index contributed by atoms with van der Waals surface area (Å²) in [6.45, 7) is 2.05. The van der Waals surface area contributed by atoms with Gasteiger partial charge in [-0.05, 0) is 29.7 Å². The van der Waals surface area contributed by atoms with Gasteiger partial charge in [0.05, 0.1) is 0 Å². The van der Waals surface area contributed by atoms with E-state index in [4.69, 9.17) is 4.74 Å². The fourth-order valence-electron chi connectivity index (χ4n) is 2.10. The second kappa shape index (κ2) is 8.49. The summed E-state index contributed by atoms with van der Waals surface area (Å²) in [6, 6.07) is 14.2. The maximum Gasteiger partial charge on any atom is 0.342 e. The van der Waals surface area contributed by atoms with E-state index in [1.54, 1.807) is 6.07 Å². The zero-order chi connectivity index (χ0) is 17.5. The molecule has 126 valence electrons. The first-order chi connectivity index (χ1) is 11.5. The quantitative estimate of drug-likeness (QED) is 0.741. The molecule has 0 aromatic heterocycles. The molecule has 6 heteroatoms. The van der Waals surface area contributed by atoms with Gasteiger partial charge in [0.2, 0.25) is 0 Å². The molecule has 0 heterocycles. The van der Waals surface area contributed by atoms with Crippen molar-refractivity contribution in [1.82, 2.24) is 5.32 Å². The largest absolute Gasteiger partial charge is 0.507 e. The predicted octanol–water partition coefficient (Wildman–Crippen LogP) is 3.23. The average molecular weight is 392 g/mol. The summed E-state index contributed by atoms with van der Waals surface area (Å²) in [5.41, 5.74) is 1.13. The normalized spacial score (nSPS) is 11.6. The Balaban J connectivity index is 1.81. The molecular weight excluding hydrogens is 374 g/mol. The van der Waals surface area contributed by atoms with Crippen molar-refractivity contribution in [2.75, 3.05) is 13.2 Å². The van der Waals surface area contributed by atoms with Crippen molar-refractivity contribution in [3.05, 3.63) is 64.1 Å². The van der Waals surface area contributed by atoms with Crippen LogP contribution < -0.4 is 5.32 Å². The number of amides is 1. The minimum absolute atomic E-state index is 0.00910. The number of hydrogen-bond acceptors (Lipinski definition) is 4. The summed E-state index contributed by atoms with van der Waals surface area (Å²) >= 11 is 3.21. The Morgan fingerprint density at radius 1 is 1.21 bits per heavy atom. The van der Waals surface area contributed by atoms with E-state index in [-0.39, 0.29) is 23.1 Å². The van der Waals surface area contributed by atoms with E-state index in [2.05, 4.69) is 21.2 Å². The lowest BCUT2D eigenvalue weighted by atomic mass is 10.0. The van der Waals surface area contributed by atoms with Gasteiger partial charge >= 0.3 is 5.97 Å². The van der Waals surface area contributed by atoms with Crippen LogP contribution in [0, 0.1) is 0 Å². The molecule has 0 saturated carbocycles. The molecule has 0 aliphatic heterocycles. The molecule has 0 radical (unpaired) electrons. The molecule has 2 aromatic carbocycles. The number of esters is 1. The second-order valence-corrected chi connectivity index (χ2v) is 6.27. The highest BCUT2D eigenvalue weighted by Gasteiger charge is 2.15. The lowest BCUT2D eigenvalue weighted by Crippen LogP contribution is -2.31. The number of nitrogens with one attached hydrogen (secondary N) is 1. The summed E-state index contributed by atoms with van der Waals surface area (Å²) in [6.07, 6.45) is 0. The zero-order valence-corrected chi connectivity index (χ0v) is 14.7. The third-order valence-corrected chi connectivity index (χ3v) is 3.98. The van der Waals surface area contributed by atoms with Crippen LogP contribution in [-0.2, 0) is 9.53 Å². The number of carbonyl (C=O) groups excluding carboxylic acids is 2. The number of phenols is 1. The van der Waals surface area contributed by atoms with Gasteiger partial charge in [-0.15, -0.1) is 0 Å². The molecule has 0 spiro atoms. The fraction of sp³-hybridized carbons (Fsp3) is 0.222. The van der Waals surface area contributed by atoms with Crippen LogP contribution >= 0.6 is 15.9 Å². The third kappa shape index (κ3) is 5.09. The average Bonchev–Trinajstić information content (AvgIpc) is 2.60. The van der Waals surface area contributed by atoms with Crippen LogP contribution in [0.3, 0.4) is 0 Å². The monoisotopic (exact) mass is 391 g/mol. The van der Waals surface area contributed by atoms with Crippen LogP contribution in [0.5, 0.6) is 5.75 Å². The van der Waals surface area contributed by atoms with Gasteiger partial charge in [0.25, 0.3) is 5.91 Å². The highest BCUT2D eigenvalue weighted by Crippen LogP contribution is 2.22. The van der Waals surface area contributed by atoms with Crippen LogP contribution in [0.15, 0.2) is 53.0 Å².